The van der Waals surface area contributed by atoms with Gasteiger partial charge in [-0.3, -0.25) is 0 Å². The molecule has 230 valence electrons. The molecule has 0 saturated heterocycles. The van der Waals surface area contributed by atoms with Crippen LogP contribution in [-0.2, 0) is 24.3 Å². The molecule has 0 amide bonds. The number of hydrogen-bond donors (Lipinski definition) is 1. The van der Waals surface area contributed by atoms with Crippen molar-refractivity contribution >= 4 is 22.7 Å². The molecule has 0 aliphatic heterocycles. The predicted molar refractivity (Wildman–Crippen MR) is 155 cm³/mol. The first kappa shape index (κ1) is 31.0. The van der Waals surface area contributed by atoms with Gasteiger partial charge in [0.15, 0.2) is 5.69 Å². The molecular weight excluding hydrogens is 596 g/mol. The van der Waals surface area contributed by atoms with Crippen LogP contribution in [0.5, 0.6) is 11.6 Å². The second kappa shape index (κ2) is 13.0. The highest BCUT2D eigenvalue weighted by atomic mass is 19.4. The molecule has 0 spiro atoms. The molecule has 9 nitrogen and oxygen atoms in total. The number of halogens is 4. The lowest BCUT2D eigenvalue weighted by Crippen LogP contribution is -2.18. The number of fused-ring (bicyclic) bond motifs is 1. The molecule has 2 heterocycles. The number of rotatable bonds is 11. The Labute approximate surface area is 254 Å². The first-order valence-corrected chi connectivity index (χ1v) is 13.4. The van der Waals surface area contributed by atoms with Crippen LogP contribution in [0.3, 0.4) is 0 Å². The fraction of sp³-hybridized carbons (Fsp3) is 0.188. The summed E-state index contributed by atoms with van der Waals surface area (Å²) < 4.78 is 71.8. The number of imidazole rings is 1. The molecule has 5 aromatic rings. The summed E-state index contributed by atoms with van der Waals surface area (Å²) in [6.45, 7) is 7.33. The molecule has 0 fully saturated rings. The summed E-state index contributed by atoms with van der Waals surface area (Å²) in [7, 11) is 1.50. The van der Waals surface area contributed by atoms with Crippen LogP contribution in [0.2, 0.25) is 0 Å². The third-order valence-corrected chi connectivity index (χ3v) is 6.80. The van der Waals surface area contributed by atoms with Crippen molar-refractivity contribution in [2.24, 2.45) is 0 Å². The topological polar surface area (TPSA) is 100 Å². The van der Waals surface area contributed by atoms with Crippen LogP contribution >= 0.6 is 0 Å². The minimum atomic E-state index is -4.99. The number of aromatic nitrogens is 3. The molecule has 0 aliphatic rings. The second-order valence-corrected chi connectivity index (χ2v) is 9.77. The smallest absolute Gasteiger partial charge is 0.478 e. The van der Waals surface area contributed by atoms with Gasteiger partial charge in [0.2, 0.25) is 5.88 Å². The van der Waals surface area contributed by atoms with Crippen molar-refractivity contribution in [3.8, 4) is 22.9 Å². The molecule has 5 rings (SSSR count). The quantitative estimate of drug-likeness (QED) is 0.123. The lowest BCUT2D eigenvalue weighted by Gasteiger charge is -2.16. The van der Waals surface area contributed by atoms with Gasteiger partial charge in [0.25, 0.3) is 0 Å². The molecule has 0 unspecified atom stereocenters. The Bertz CT molecular complexity index is 1920. The molecule has 0 saturated carbocycles. The van der Waals surface area contributed by atoms with Crippen molar-refractivity contribution < 1.29 is 41.7 Å². The average molecular weight is 621 g/mol. The maximum atomic E-state index is 14.3. The Morgan fingerprint density at radius 1 is 1.02 bits per heavy atom. The summed E-state index contributed by atoms with van der Waals surface area (Å²) in [5.74, 6) is -1.71. The molecule has 0 aliphatic carbocycles. The van der Waals surface area contributed by atoms with Crippen molar-refractivity contribution in [1.29, 1.82) is 0 Å². The molecule has 1 N–H and O–H groups in total. The van der Waals surface area contributed by atoms with Crippen molar-refractivity contribution in [3.63, 3.8) is 0 Å². The van der Waals surface area contributed by atoms with Gasteiger partial charge in [-0.05, 0) is 36.4 Å². The van der Waals surface area contributed by atoms with Gasteiger partial charge >= 0.3 is 12.3 Å². The SMILES string of the molecule is [C-]#[N+]c1ccc(COc2cccc(-c3ccc(Cc4nc5ccc(C(=O)O)cc5n4CCOC)c(OC(F)(F)F)c3)n2)c(F)c1. The van der Waals surface area contributed by atoms with Crippen LogP contribution in [0.4, 0.5) is 23.2 Å². The van der Waals surface area contributed by atoms with E-state index in [4.69, 9.17) is 16.0 Å². The van der Waals surface area contributed by atoms with Crippen molar-refractivity contribution in [1.82, 2.24) is 14.5 Å². The lowest BCUT2D eigenvalue weighted by atomic mass is 10.0. The van der Waals surface area contributed by atoms with E-state index >= 15 is 0 Å². The van der Waals surface area contributed by atoms with Gasteiger partial charge in [-0.15, -0.1) is 13.2 Å². The zero-order valence-corrected chi connectivity index (χ0v) is 23.6. The second-order valence-electron chi connectivity index (χ2n) is 9.77. The number of methoxy groups -OCH3 is 1. The van der Waals surface area contributed by atoms with E-state index in [1.165, 1.54) is 49.6 Å². The highest BCUT2D eigenvalue weighted by molar-refractivity contribution is 5.92. The summed E-state index contributed by atoms with van der Waals surface area (Å²) in [6, 6.07) is 17.4. The Morgan fingerprint density at radius 3 is 2.53 bits per heavy atom. The number of benzene rings is 3. The van der Waals surface area contributed by atoms with Crippen LogP contribution < -0.4 is 9.47 Å². The monoisotopic (exact) mass is 620 g/mol. The van der Waals surface area contributed by atoms with Gasteiger partial charge in [-0.25, -0.2) is 24.0 Å². The predicted octanol–water partition coefficient (Wildman–Crippen LogP) is 7.20. The van der Waals surface area contributed by atoms with Crippen LogP contribution in [-0.4, -0.2) is 45.7 Å². The maximum absolute atomic E-state index is 14.3. The Hall–Kier alpha value is -5.48. The maximum Gasteiger partial charge on any atom is 0.573 e. The van der Waals surface area contributed by atoms with E-state index in [9.17, 15) is 27.5 Å². The fourth-order valence-corrected chi connectivity index (χ4v) is 4.65. The lowest BCUT2D eigenvalue weighted by molar-refractivity contribution is -0.274. The van der Waals surface area contributed by atoms with Gasteiger partial charge in [0.1, 0.15) is 24.0 Å². The van der Waals surface area contributed by atoms with E-state index in [0.717, 1.165) is 6.07 Å². The molecule has 0 radical (unpaired) electrons. The summed E-state index contributed by atoms with van der Waals surface area (Å²) in [5, 5.41) is 9.43. The molecule has 3 aromatic carbocycles. The van der Waals surface area contributed by atoms with Crippen LogP contribution in [0.1, 0.15) is 27.3 Å². The zero-order chi connectivity index (χ0) is 32.1. The highest BCUT2D eigenvalue weighted by Crippen LogP contribution is 2.33. The summed E-state index contributed by atoms with van der Waals surface area (Å²) in [4.78, 5) is 23.6. The van der Waals surface area contributed by atoms with Crippen molar-refractivity contribution in [2.75, 3.05) is 13.7 Å². The number of aromatic carboxylic acids is 1. The van der Waals surface area contributed by atoms with Gasteiger partial charge in [0.05, 0.1) is 35.5 Å². The van der Waals surface area contributed by atoms with Crippen molar-refractivity contribution in [3.05, 3.63) is 113 Å². The third kappa shape index (κ3) is 7.36. The van der Waals surface area contributed by atoms with Crippen molar-refractivity contribution in [2.45, 2.75) is 25.9 Å². The third-order valence-electron chi connectivity index (χ3n) is 6.80. The summed E-state index contributed by atoms with van der Waals surface area (Å²) >= 11 is 0. The first-order chi connectivity index (χ1) is 21.5. The van der Waals surface area contributed by atoms with E-state index in [-0.39, 0.29) is 60.1 Å². The average Bonchev–Trinajstić information content (AvgIpc) is 3.35. The minimum Gasteiger partial charge on any atom is -0.478 e. The van der Waals surface area contributed by atoms with E-state index in [1.54, 1.807) is 28.8 Å². The van der Waals surface area contributed by atoms with E-state index in [2.05, 4.69) is 19.5 Å². The Morgan fingerprint density at radius 2 is 1.82 bits per heavy atom. The summed E-state index contributed by atoms with van der Waals surface area (Å²) in [6.07, 6.45) is -5.06. The Kier molecular flexibility index (Phi) is 8.96. The molecule has 45 heavy (non-hydrogen) atoms. The largest absolute Gasteiger partial charge is 0.573 e. The van der Waals surface area contributed by atoms with Gasteiger partial charge in [-0.1, -0.05) is 30.3 Å². The molecule has 2 aromatic heterocycles. The molecule has 0 atom stereocenters. The fourth-order valence-electron chi connectivity index (χ4n) is 4.65. The van der Waals surface area contributed by atoms with E-state index < -0.39 is 23.9 Å². The van der Waals surface area contributed by atoms with Crippen LogP contribution in [0, 0.1) is 12.4 Å². The number of hydrogen-bond acceptors (Lipinski definition) is 6. The molecular formula is C32H24F4N4O5. The van der Waals surface area contributed by atoms with Crippen LogP contribution in [0.25, 0.3) is 27.1 Å². The normalized spacial score (nSPS) is 11.4. The number of nitrogens with zero attached hydrogens (tertiary/aromatic N) is 4. The summed E-state index contributed by atoms with van der Waals surface area (Å²) in [5.41, 5.74) is 2.13. The Balaban J connectivity index is 1.46. The molecule has 13 heteroatoms. The highest BCUT2D eigenvalue weighted by Gasteiger charge is 2.32. The minimum absolute atomic E-state index is 0.0416. The van der Waals surface area contributed by atoms with Gasteiger partial charge in [-0.2, -0.15) is 0 Å². The van der Waals surface area contributed by atoms with Gasteiger partial charge < -0.3 is 23.9 Å². The number of alkyl halides is 3. The number of pyridine rings is 1. The van der Waals surface area contributed by atoms with E-state index in [0.29, 0.717) is 22.4 Å². The standard InChI is InChI=1S/C32H24F4N4O5/c1-37-23-10-8-22(24(33)17-23)18-44-30-5-3-4-25(39-30)19-6-7-20(28(15-19)45-32(34,35)36)16-29-38-26-11-9-21(31(41)42)14-27(26)40(29)12-13-43-2/h3-11,14-15,17H,12-13,16,18H2,2H3,(H,41,42). The zero-order valence-electron chi connectivity index (χ0n) is 23.6. The number of carboxylic acid groups (broad SMARTS) is 1. The number of carboxylic acids is 1. The molecule has 0 bridgehead atoms. The first-order valence-electron chi connectivity index (χ1n) is 13.4. The number of ether oxygens (including phenoxy) is 3. The van der Waals surface area contributed by atoms with Crippen LogP contribution in [0.15, 0.2) is 72.8 Å². The van der Waals surface area contributed by atoms with Gasteiger partial charge in [0, 0.05) is 42.8 Å². The number of carbonyl (C=O) groups is 1. The van der Waals surface area contributed by atoms with E-state index in [1.807, 2.05) is 0 Å².